The van der Waals surface area contributed by atoms with Crippen molar-refractivity contribution in [1.82, 2.24) is 4.98 Å². The van der Waals surface area contributed by atoms with Gasteiger partial charge < -0.3 is 14.8 Å². The second-order valence-corrected chi connectivity index (χ2v) is 7.22. The molecule has 0 saturated carbocycles. The first kappa shape index (κ1) is 19.9. The molecule has 0 aliphatic rings. The van der Waals surface area contributed by atoms with E-state index in [2.05, 4.69) is 10.3 Å². The Morgan fingerprint density at radius 2 is 1.96 bits per heavy atom. The zero-order valence-electron chi connectivity index (χ0n) is 16.3. The number of thiazole rings is 1. The maximum absolute atomic E-state index is 12.3. The lowest BCUT2D eigenvalue weighted by Crippen LogP contribution is -2.12. The van der Waals surface area contributed by atoms with E-state index in [1.807, 2.05) is 61.7 Å². The third-order valence-electron chi connectivity index (χ3n) is 4.26. The summed E-state index contributed by atoms with van der Waals surface area (Å²) in [5, 5.41) is 5.41. The topological polar surface area (TPSA) is 60.5 Å². The molecule has 0 saturated heterocycles. The minimum atomic E-state index is -0.0500. The molecular formula is C22H24N2O3S. The highest BCUT2D eigenvalue weighted by molar-refractivity contribution is 7.14. The largest absolute Gasteiger partial charge is 0.496 e. The zero-order valence-corrected chi connectivity index (χ0v) is 17.1. The first-order valence-electron chi connectivity index (χ1n) is 9.21. The lowest BCUT2D eigenvalue weighted by Gasteiger charge is -2.07. The third kappa shape index (κ3) is 5.10. The van der Waals surface area contributed by atoms with Gasteiger partial charge in [0.1, 0.15) is 11.5 Å². The number of aryl methyl sites for hydroxylation is 2. The van der Waals surface area contributed by atoms with Gasteiger partial charge in [-0.3, -0.25) is 4.79 Å². The van der Waals surface area contributed by atoms with Crippen molar-refractivity contribution in [2.75, 3.05) is 19.0 Å². The highest BCUT2D eigenvalue weighted by Gasteiger charge is 2.12. The summed E-state index contributed by atoms with van der Waals surface area (Å²) in [5.41, 5.74) is 3.95. The predicted octanol–water partition coefficient (Wildman–Crippen LogP) is 5.10. The van der Waals surface area contributed by atoms with Crippen molar-refractivity contribution >= 4 is 22.4 Å². The van der Waals surface area contributed by atoms with Crippen LogP contribution in [0.15, 0.2) is 47.8 Å². The number of nitrogens with one attached hydrogen (secondary N) is 1. The van der Waals surface area contributed by atoms with Gasteiger partial charge in [-0.25, -0.2) is 4.98 Å². The SMILES string of the molecule is CCOc1ccc(CCC(=O)Nc2nc(-c3cc(C)ccc3OC)cs2)cc1. The van der Waals surface area contributed by atoms with Gasteiger partial charge in [-0.1, -0.05) is 23.8 Å². The van der Waals surface area contributed by atoms with Gasteiger partial charge in [0.05, 0.1) is 19.4 Å². The first-order chi connectivity index (χ1) is 13.6. The van der Waals surface area contributed by atoms with Gasteiger partial charge in [-0.05, 0) is 50.1 Å². The minimum Gasteiger partial charge on any atom is -0.496 e. The number of hydrogen-bond acceptors (Lipinski definition) is 5. The monoisotopic (exact) mass is 396 g/mol. The van der Waals surface area contributed by atoms with E-state index < -0.39 is 0 Å². The number of amides is 1. The zero-order chi connectivity index (χ0) is 19.9. The molecule has 1 heterocycles. The van der Waals surface area contributed by atoms with Crippen molar-refractivity contribution in [2.24, 2.45) is 0 Å². The number of nitrogens with zero attached hydrogens (tertiary/aromatic N) is 1. The van der Waals surface area contributed by atoms with Crippen LogP contribution < -0.4 is 14.8 Å². The molecule has 0 fully saturated rings. The van der Waals surface area contributed by atoms with Crippen molar-refractivity contribution in [3.05, 3.63) is 59.0 Å². The van der Waals surface area contributed by atoms with Crippen LogP contribution in [0.1, 0.15) is 24.5 Å². The molecule has 0 spiro atoms. The lowest BCUT2D eigenvalue weighted by atomic mass is 10.1. The summed E-state index contributed by atoms with van der Waals surface area (Å²) in [7, 11) is 1.64. The fraction of sp³-hybridized carbons (Fsp3) is 0.273. The number of aromatic nitrogens is 1. The minimum absolute atomic E-state index is 0.0500. The number of carbonyl (C=O) groups excluding carboxylic acids is 1. The lowest BCUT2D eigenvalue weighted by molar-refractivity contribution is -0.116. The van der Waals surface area contributed by atoms with Crippen LogP contribution in [-0.4, -0.2) is 24.6 Å². The number of benzene rings is 2. The van der Waals surface area contributed by atoms with Crippen LogP contribution in [0.4, 0.5) is 5.13 Å². The number of methoxy groups -OCH3 is 1. The molecule has 0 unspecified atom stereocenters. The van der Waals surface area contributed by atoms with Gasteiger partial charge in [0.2, 0.25) is 5.91 Å². The average Bonchev–Trinajstić information content (AvgIpc) is 3.16. The molecule has 3 aromatic rings. The maximum Gasteiger partial charge on any atom is 0.226 e. The van der Waals surface area contributed by atoms with Gasteiger partial charge >= 0.3 is 0 Å². The molecule has 0 atom stereocenters. The Bertz CT molecular complexity index is 935. The van der Waals surface area contributed by atoms with Gasteiger partial charge in [-0.15, -0.1) is 11.3 Å². The third-order valence-corrected chi connectivity index (χ3v) is 5.01. The van der Waals surface area contributed by atoms with Crippen molar-refractivity contribution in [2.45, 2.75) is 26.7 Å². The number of carbonyl (C=O) groups is 1. The number of ether oxygens (including phenoxy) is 2. The molecule has 0 bridgehead atoms. The van der Waals surface area contributed by atoms with Crippen LogP contribution in [0.5, 0.6) is 11.5 Å². The molecule has 3 rings (SSSR count). The van der Waals surface area contributed by atoms with Crippen LogP contribution in [0, 0.1) is 6.92 Å². The molecule has 146 valence electrons. The summed E-state index contributed by atoms with van der Waals surface area (Å²) in [6, 6.07) is 13.8. The quantitative estimate of drug-likeness (QED) is 0.576. The van der Waals surface area contributed by atoms with Crippen LogP contribution in [0.2, 0.25) is 0 Å². The highest BCUT2D eigenvalue weighted by Crippen LogP contribution is 2.33. The fourth-order valence-electron chi connectivity index (χ4n) is 2.84. The van der Waals surface area contributed by atoms with E-state index in [-0.39, 0.29) is 5.91 Å². The van der Waals surface area contributed by atoms with E-state index in [0.717, 1.165) is 33.9 Å². The molecule has 2 aromatic carbocycles. The molecular weight excluding hydrogens is 372 g/mol. The summed E-state index contributed by atoms with van der Waals surface area (Å²) >= 11 is 1.41. The van der Waals surface area contributed by atoms with Gasteiger partial charge in [0.25, 0.3) is 0 Å². The van der Waals surface area contributed by atoms with Gasteiger partial charge in [0.15, 0.2) is 5.13 Å². The van der Waals surface area contributed by atoms with E-state index >= 15 is 0 Å². The van der Waals surface area contributed by atoms with Gasteiger partial charge in [0, 0.05) is 17.4 Å². The Labute approximate surface area is 169 Å². The predicted molar refractivity (Wildman–Crippen MR) is 113 cm³/mol. The fourth-order valence-corrected chi connectivity index (χ4v) is 3.56. The standard InChI is InChI=1S/C22H24N2O3S/c1-4-27-17-9-6-16(7-10-17)8-12-21(25)24-22-23-19(14-28-22)18-13-15(2)5-11-20(18)26-3/h5-7,9-11,13-14H,4,8,12H2,1-3H3,(H,23,24,25). The van der Waals surface area contributed by atoms with Crippen molar-refractivity contribution in [3.63, 3.8) is 0 Å². The molecule has 5 nitrogen and oxygen atoms in total. The highest BCUT2D eigenvalue weighted by atomic mass is 32.1. The molecule has 6 heteroatoms. The molecule has 28 heavy (non-hydrogen) atoms. The molecule has 1 amide bonds. The van der Waals surface area contributed by atoms with E-state index in [4.69, 9.17) is 9.47 Å². The molecule has 1 aromatic heterocycles. The first-order valence-corrected chi connectivity index (χ1v) is 10.1. The van der Waals surface area contributed by atoms with Gasteiger partial charge in [-0.2, -0.15) is 0 Å². The molecule has 0 aliphatic carbocycles. The Hall–Kier alpha value is -2.86. The number of anilines is 1. The Kier molecular flexibility index (Phi) is 6.66. The van der Waals surface area contributed by atoms with Crippen LogP contribution in [0.25, 0.3) is 11.3 Å². The smallest absolute Gasteiger partial charge is 0.226 e. The Balaban J connectivity index is 1.59. The average molecular weight is 397 g/mol. The van der Waals surface area contributed by atoms with E-state index in [1.54, 1.807) is 7.11 Å². The summed E-state index contributed by atoms with van der Waals surface area (Å²) in [4.78, 5) is 16.8. The molecule has 0 aliphatic heterocycles. The van der Waals surface area contributed by atoms with E-state index in [9.17, 15) is 4.79 Å². The maximum atomic E-state index is 12.3. The summed E-state index contributed by atoms with van der Waals surface area (Å²) < 4.78 is 10.9. The summed E-state index contributed by atoms with van der Waals surface area (Å²) in [5.74, 6) is 1.56. The number of hydrogen-bond donors (Lipinski definition) is 1. The van der Waals surface area contributed by atoms with Crippen molar-refractivity contribution in [1.29, 1.82) is 0 Å². The molecule has 1 N–H and O–H groups in total. The van der Waals surface area contributed by atoms with Crippen molar-refractivity contribution in [3.8, 4) is 22.8 Å². The van der Waals surface area contributed by atoms with E-state index in [1.165, 1.54) is 11.3 Å². The second-order valence-electron chi connectivity index (χ2n) is 6.37. The Morgan fingerprint density at radius 3 is 2.68 bits per heavy atom. The Morgan fingerprint density at radius 1 is 1.18 bits per heavy atom. The number of rotatable bonds is 8. The molecule has 0 radical (unpaired) electrons. The summed E-state index contributed by atoms with van der Waals surface area (Å²) in [6.07, 6.45) is 1.07. The van der Waals surface area contributed by atoms with E-state index in [0.29, 0.717) is 24.6 Å². The van der Waals surface area contributed by atoms with Crippen molar-refractivity contribution < 1.29 is 14.3 Å². The van der Waals surface area contributed by atoms with Crippen LogP contribution >= 0.6 is 11.3 Å². The summed E-state index contributed by atoms with van der Waals surface area (Å²) in [6.45, 7) is 4.63. The van der Waals surface area contributed by atoms with Crippen LogP contribution in [-0.2, 0) is 11.2 Å². The normalized spacial score (nSPS) is 10.5. The van der Waals surface area contributed by atoms with Crippen LogP contribution in [0.3, 0.4) is 0 Å². The second kappa shape index (κ2) is 9.37.